The zero-order valence-electron chi connectivity index (χ0n) is 17.6. The first-order valence-electron chi connectivity index (χ1n) is 10.0. The Kier molecular flexibility index (Phi) is 6.10. The maximum Gasteiger partial charge on any atom is 0.291 e. The van der Waals surface area contributed by atoms with Gasteiger partial charge >= 0.3 is 0 Å². The Morgan fingerprint density at radius 3 is 2.09 bits per heavy atom. The van der Waals surface area contributed by atoms with Gasteiger partial charge in [0.15, 0.2) is 5.76 Å². The van der Waals surface area contributed by atoms with Gasteiger partial charge in [0.1, 0.15) is 5.76 Å². The summed E-state index contributed by atoms with van der Waals surface area (Å²) >= 11 is 5.93. The maximum absolute atomic E-state index is 12.6. The van der Waals surface area contributed by atoms with E-state index in [0.717, 1.165) is 11.1 Å². The number of aryl methyl sites for hydroxylation is 2. The predicted octanol–water partition coefficient (Wildman–Crippen LogP) is 6.72. The molecule has 0 saturated heterocycles. The first-order valence-corrected chi connectivity index (χ1v) is 10.4. The zero-order chi connectivity index (χ0) is 22.7. The molecule has 0 bridgehead atoms. The monoisotopic (exact) mass is 444 g/mol. The molecule has 3 aromatic carbocycles. The molecular formula is C26H21ClN2O3. The first kappa shape index (κ1) is 21.4. The average molecular weight is 445 g/mol. The Balaban J connectivity index is 1.40. The number of benzene rings is 3. The Morgan fingerprint density at radius 1 is 0.750 bits per heavy atom. The topological polar surface area (TPSA) is 71.3 Å². The number of carbonyl (C=O) groups excluding carboxylic acids is 2. The van der Waals surface area contributed by atoms with E-state index in [4.69, 9.17) is 16.0 Å². The Hall–Kier alpha value is -3.83. The van der Waals surface area contributed by atoms with Crippen LogP contribution in [0.25, 0.3) is 11.3 Å². The van der Waals surface area contributed by atoms with Gasteiger partial charge < -0.3 is 15.1 Å². The van der Waals surface area contributed by atoms with E-state index in [-0.39, 0.29) is 17.6 Å². The van der Waals surface area contributed by atoms with Crippen molar-refractivity contribution in [1.29, 1.82) is 0 Å². The molecule has 0 spiro atoms. The van der Waals surface area contributed by atoms with Gasteiger partial charge in [-0.3, -0.25) is 9.59 Å². The molecule has 0 aliphatic rings. The lowest BCUT2D eigenvalue weighted by Gasteiger charge is -2.08. The fourth-order valence-electron chi connectivity index (χ4n) is 3.17. The number of rotatable bonds is 5. The van der Waals surface area contributed by atoms with Crippen molar-refractivity contribution in [2.24, 2.45) is 0 Å². The molecule has 4 aromatic rings. The highest BCUT2D eigenvalue weighted by Crippen LogP contribution is 2.25. The van der Waals surface area contributed by atoms with Crippen molar-refractivity contribution in [2.45, 2.75) is 13.8 Å². The summed E-state index contributed by atoms with van der Waals surface area (Å²) in [5, 5.41) is 6.09. The zero-order valence-corrected chi connectivity index (χ0v) is 18.4. The molecule has 6 heteroatoms. The second-order valence-electron chi connectivity index (χ2n) is 7.46. The largest absolute Gasteiger partial charge is 0.451 e. The summed E-state index contributed by atoms with van der Waals surface area (Å²) in [6.07, 6.45) is 0. The molecule has 160 valence electrons. The molecule has 32 heavy (non-hydrogen) atoms. The van der Waals surface area contributed by atoms with Gasteiger partial charge in [-0.25, -0.2) is 0 Å². The van der Waals surface area contributed by atoms with Crippen molar-refractivity contribution in [3.8, 4) is 11.3 Å². The summed E-state index contributed by atoms with van der Waals surface area (Å²) in [7, 11) is 0. The molecule has 0 atom stereocenters. The van der Waals surface area contributed by atoms with Crippen molar-refractivity contribution in [3.63, 3.8) is 0 Å². The van der Waals surface area contributed by atoms with Gasteiger partial charge in [0.25, 0.3) is 11.8 Å². The Bertz CT molecular complexity index is 1290. The van der Waals surface area contributed by atoms with Crippen LogP contribution in [0.2, 0.25) is 5.02 Å². The minimum atomic E-state index is -0.351. The van der Waals surface area contributed by atoms with E-state index < -0.39 is 0 Å². The van der Waals surface area contributed by atoms with E-state index in [9.17, 15) is 9.59 Å². The third-order valence-electron chi connectivity index (χ3n) is 5.11. The van der Waals surface area contributed by atoms with Crippen molar-refractivity contribution < 1.29 is 14.0 Å². The second kappa shape index (κ2) is 9.12. The van der Waals surface area contributed by atoms with Crippen molar-refractivity contribution in [2.75, 3.05) is 10.6 Å². The number of halogens is 1. The van der Waals surface area contributed by atoms with Crippen LogP contribution >= 0.6 is 11.6 Å². The van der Waals surface area contributed by atoms with E-state index in [1.165, 1.54) is 5.56 Å². The summed E-state index contributed by atoms with van der Waals surface area (Å²) in [5.74, 6) is 0.239. The van der Waals surface area contributed by atoms with E-state index in [2.05, 4.69) is 10.6 Å². The number of anilines is 2. The molecule has 5 nitrogen and oxygen atoms in total. The number of carbonyl (C=O) groups is 2. The number of furan rings is 1. The van der Waals surface area contributed by atoms with Gasteiger partial charge in [0.2, 0.25) is 0 Å². The summed E-state index contributed by atoms with van der Waals surface area (Å²) in [5.41, 5.74) is 4.93. The molecule has 2 N–H and O–H groups in total. The van der Waals surface area contributed by atoms with Crippen LogP contribution in [-0.4, -0.2) is 11.8 Å². The van der Waals surface area contributed by atoms with Crippen molar-refractivity contribution in [3.05, 3.63) is 106 Å². The number of nitrogens with one attached hydrogen (secondary N) is 2. The SMILES string of the molecule is Cc1ccc(-c2ccc(C(=O)Nc3ccc(NC(=O)c4cccc(Cl)c4)cc3)o2)cc1C. The lowest BCUT2D eigenvalue weighted by atomic mass is 10.1. The molecule has 0 radical (unpaired) electrons. The summed E-state index contributed by atoms with van der Waals surface area (Å²) in [6, 6.07) is 23.0. The third kappa shape index (κ3) is 4.90. The minimum absolute atomic E-state index is 0.219. The van der Waals surface area contributed by atoms with Gasteiger partial charge in [0, 0.05) is 27.5 Å². The number of hydrogen-bond donors (Lipinski definition) is 2. The van der Waals surface area contributed by atoms with E-state index in [1.807, 2.05) is 32.0 Å². The quantitative estimate of drug-likeness (QED) is 0.359. The first-order chi connectivity index (χ1) is 15.4. The minimum Gasteiger partial charge on any atom is -0.451 e. The standard InChI is InChI=1S/C26H21ClN2O3/c1-16-6-7-18(14-17(16)2)23-12-13-24(32-23)26(31)29-22-10-8-21(9-11-22)28-25(30)19-4-3-5-20(27)15-19/h3-15H,1-2H3,(H,28,30)(H,29,31). The fraction of sp³-hybridized carbons (Fsp3) is 0.0769. The molecule has 2 amide bonds. The van der Waals surface area contributed by atoms with Crippen LogP contribution in [0.3, 0.4) is 0 Å². The molecule has 0 aliphatic carbocycles. The van der Waals surface area contributed by atoms with E-state index >= 15 is 0 Å². The van der Waals surface area contributed by atoms with Gasteiger partial charge in [-0.1, -0.05) is 29.8 Å². The van der Waals surface area contributed by atoms with Crippen LogP contribution in [0.4, 0.5) is 11.4 Å². The third-order valence-corrected chi connectivity index (χ3v) is 5.34. The summed E-state index contributed by atoms with van der Waals surface area (Å²) in [4.78, 5) is 24.9. The van der Waals surface area contributed by atoms with Crippen LogP contribution in [-0.2, 0) is 0 Å². The molecule has 0 aliphatic heterocycles. The second-order valence-corrected chi connectivity index (χ2v) is 7.90. The smallest absolute Gasteiger partial charge is 0.291 e. The molecule has 4 rings (SSSR count). The molecular weight excluding hydrogens is 424 g/mol. The number of amides is 2. The van der Waals surface area contributed by atoms with Gasteiger partial charge in [-0.2, -0.15) is 0 Å². The van der Waals surface area contributed by atoms with Crippen LogP contribution in [0.1, 0.15) is 32.0 Å². The van der Waals surface area contributed by atoms with Gasteiger partial charge in [0.05, 0.1) is 0 Å². The predicted molar refractivity (Wildman–Crippen MR) is 127 cm³/mol. The van der Waals surface area contributed by atoms with E-state index in [0.29, 0.717) is 27.7 Å². The molecule has 0 saturated carbocycles. The highest BCUT2D eigenvalue weighted by Gasteiger charge is 2.13. The normalized spacial score (nSPS) is 10.6. The van der Waals surface area contributed by atoms with E-state index in [1.54, 1.807) is 60.7 Å². The highest BCUT2D eigenvalue weighted by molar-refractivity contribution is 6.31. The lowest BCUT2D eigenvalue weighted by molar-refractivity contribution is 0.0995. The van der Waals surface area contributed by atoms with Crippen molar-refractivity contribution >= 4 is 34.8 Å². The van der Waals surface area contributed by atoms with Crippen LogP contribution in [0.15, 0.2) is 83.3 Å². The fourth-order valence-corrected chi connectivity index (χ4v) is 3.36. The summed E-state index contributed by atoms with van der Waals surface area (Å²) in [6.45, 7) is 4.09. The van der Waals surface area contributed by atoms with Crippen LogP contribution in [0, 0.1) is 13.8 Å². The van der Waals surface area contributed by atoms with Crippen LogP contribution < -0.4 is 10.6 Å². The summed E-state index contributed by atoms with van der Waals surface area (Å²) < 4.78 is 5.75. The van der Waals surface area contributed by atoms with Gasteiger partial charge in [-0.15, -0.1) is 0 Å². The molecule has 0 fully saturated rings. The Morgan fingerprint density at radius 2 is 1.44 bits per heavy atom. The van der Waals surface area contributed by atoms with Gasteiger partial charge in [-0.05, 0) is 85.6 Å². The number of hydrogen-bond acceptors (Lipinski definition) is 3. The average Bonchev–Trinajstić information content (AvgIpc) is 3.27. The van der Waals surface area contributed by atoms with Crippen LogP contribution in [0.5, 0.6) is 0 Å². The molecule has 1 aromatic heterocycles. The lowest BCUT2D eigenvalue weighted by Crippen LogP contribution is -2.12. The Labute approximate surface area is 191 Å². The highest BCUT2D eigenvalue weighted by atomic mass is 35.5. The van der Waals surface area contributed by atoms with Crippen molar-refractivity contribution in [1.82, 2.24) is 0 Å². The maximum atomic E-state index is 12.6. The molecule has 0 unspecified atom stereocenters. The molecule has 1 heterocycles.